The maximum Gasteiger partial charge on any atom is 0.262 e. The van der Waals surface area contributed by atoms with Gasteiger partial charge >= 0.3 is 0 Å². The second-order valence-electron chi connectivity index (χ2n) is 3.98. The molecule has 0 bridgehead atoms. The Morgan fingerprint density at radius 3 is 2.90 bits per heavy atom. The molecule has 0 aliphatic heterocycles. The molecule has 4 nitrogen and oxygen atoms in total. The van der Waals surface area contributed by atoms with Gasteiger partial charge in [-0.2, -0.15) is 0 Å². The second kappa shape index (κ2) is 5.51. The lowest BCUT2D eigenvalue weighted by molar-refractivity contribution is 0.0970. The van der Waals surface area contributed by atoms with Crippen molar-refractivity contribution in [2.75, 3.05) is 0 Å². The normalized spacial score (nSPS) is 11.1. The van der Waals surface area contributed by atoms with E-state index >= 15 is 0 Å². The van der Waals surface area contributed by atoms with E-state index in [1.807, 2.05) is 5.38 Å². The topological polar surface area (TPSA) is 52.0 Å². The monoisotopic (exact) mass is 432 g/mol. The molecule has 0 radical (unpaired) electrons. The van der Waals surface area contributed by atoms with Gasteiger partial charge in [-0.1, -0.05) is 0 Å². The van der Waals surface area contributed by atoms with E-state index in [2.05, 4.69) is 36.8 Å². The maximum absolute atomic E-state index is 12.2. The van der Waals surface area contributed by atoms with Crippen molar-refractivity contribution in [3.8, 4) is 0 Å². The fourth-order valence-electron chi connectivity index (χ4n) is 1.78. The molecule has 0 aromatic carbocycles. The van der Waals surface area contributed by atoms with Gasteiger partial charge in [-0.3, -0.25) is 14.2 Å². The zero-order chi connectivity index (χ0) is 14.3. The minimum Gasteiger partial charge on any atom is -0.292 e. The number of halogens is 2. The highest BCUT2D eigenvalue weighted by atomic mass is 79.9. The standard InChI is InChI=1S/C12H6Br2N2O2S2/c13-9-3-7(10(14)20-9)8(17)4-16-5-15-11-6(12(16)18)1-2-19-11/h1-3,5H,4H2. The summed E-state index contributed by atoms with van der Waals surface area (Å²) in [5.74, 6) is -0.127. The maximum atomic E-state index is 12.2. The van der Waals surface area contributed by atoms with Crippen molar-refractivity contribution >= 4 is 70.5 Å². The lowest BCUT2D eigenvalue weighted by Gasteiger charge is -2.03. The zero-order valence-electron chi connectivity index (χ0n) is 9.80. The average Bonchev–Trinajstić information content (AvgIpc) is 2.99. The van der Waals surface area contributed by atoms with Crippen LogP contribution in [0.25, 0.3) is 10.2 Å². The van der Waals surface area contributed by atoms with Gasteiger partial charge in [-0.25, -0.2) is 4.98 Å². The lowest BCUT2D eigenvalue weighted by Crippen LogP contribution is -2.24. The van der Waals surface area contributed by atoms with Crippen molar-refractivity contribution in [1.29, 1.82) is 0 Å². The lowest BCUT2D eigenvalue weighted by atomic mass is 10.2. The first kappa shape index (κ1) is 14.1. The highest BCUT2D eigenvalue weighted by molar-refractivity contribution is 9.12. The fourth-order valence-corrected chi connectivity index (χ4v) is 5.36. The molecule has 0 fully saturated rings. The van der Waals surface area contributed by atoms with Crippen LogP contribution in [0.1, 0.15) is 10.4 Å². The van der Waals surface area contributed by atoms with E-state index in [0.717, 1.165) is 7.57 Å². The van der Waals surface area contributed by atoms with E-state index in [9.17, 15) is 9.59 Å². The summed E-state index contributed by atoms with van der Waals surface area (Å²) in [5.41, 5.74) is 0.384. The average molecular weight is 434 g/mol. The summed E-state index contributed by atoms with van der Waals surface area (Å²) < 4.78 is 2.97. The third-order valence-corrected chi connectivity index (χ3v) is 5.88. The van der Waals surface area contributed by atoms with Gasteiger partial charge in [-0.15, -0.1) is 22.7 Å². The molecule has 102 valence electrons. The van der Waals surface area contributed by atoms with Crippen molar-refractivity contribution in [3.63, 3.8) is 0 Å². The first-order valence-corrected chi connectivity index (χ1v) is 8.75. The summed E-state index contributed by atoms with van der Waals surface area (Å²) in [5, 5.41) is 2.37. The molecule has 8 heteroatoms. The molecule has 0 spiro atoms. The zero-order valence-corrected chi connectivity index (χ0v) is 14.6. The Morgan fingerprint density at radius 1 is 1.40 bits per heavy atom. The van der Waals surface area contributed by atoms with E-state index in [0.29, 0.717) is 15.8 Å². The Hall–Kier alpha value is -0.830. The van der Waals surface area contributed by atoms with Crippen molar-refractivity contribution < 1.29 is 4.79 Å². The summed E-state index contributed by atoms with van der Waals surface area (Å²) in [6.45, 7) is -0.0145. The first-order chi connectivity index (χ1) is 9.56. The van der Waals surface area contributed by atoms with Gasteiger partial charge in [0.15, 0.2) is 5.78 Å². The van der Waals surface area contributed by atoms with Gasteiger partial charge in [-0.05, 0) is 49.4 Å². The Bertz CT molecular complexity index is 866. The molecule has 0 N–H and O–H groups in total. The predicted molar refractivity (Wildman–Crippen MR) is 87.9 cm³/mol. The summed E-state index contributed by atoms with van der Waals surface area (Å²) in [4.78, 5) is 29.3. The predicted octanol–water partition coefficient (Wildman–Crippen LogP) is 3.93. The van der Waals surface area contributed by atoms with Crippen molar-refractivity contribution in [3.05, 3.63) is 47.3 Å². The molecule has 3 rings (SSSR count). The fraction of sp³-hybridized carbons (Fsp3) is 0.0833. The van der Waals surface area contributed by atoms with Crippen LogP contribution in [0, 0.1) is 0 Å². The number of ketones is 1. The van der Waals surface area contributed by atoms with Crippen LogP contribution in [0.3, 0.4) is 0 Å². The van der Waals surface area contributed by atoms with Crippen LogP contribution < -0.4 is 5.56 Å². The Kier molecular flexibility index (Phi) is 3.89. The van der Waals surface area contributed by atoms with Crippen LogP contribution in [0.15, 0.2) is 36.2 Å². The highest BCUT2D eigenvalue weighted by Crippen LogP contribution is 2.32. The quantitative estimate of drug-likeness (QED) is 0.588. The third kappa shape index (κ3) is 2.52. The minimum atomic E-state index is -0.185. The largest absolute Gasteiger partial charge is 0.292 e. The Labute approximate surface area is 138 Å². The molecule has 3 aromatic rings. The highest BCUT2D eigenvalue weighted by Gasteiger charge is 2.15. The molecular weight excluding hydrogens is 428 g/mol. The van der Waals surface area contributed by atoms with E-state index in [-0.39, 0.29) is 17.9 Å². The van der Waals surface area contributed by atoms with Crippen LogP contribution in [0.2, 0.25) is 0 Å². The molecule has 0 unspecified atom stereocenters. The van der Waals surface area contributed by atoms with Gasteiger partial charge in [0, 0.05) is 5.56 Å². The molecule has 20 heavy (non-hydrogen) atoms. The van der Waals surface area contributed by atoms with Crippen LogP contribution >= 0.6 is 54.5 Å². The number of hydrogen-bond donors (Lipinski definition) is 0. The number of nitrogens with zero attached hydrogens (tertiary/aromatic N) is 2. The Balaban J connectivity index is 1.97. The smallest absolute Gasteiger partial charge is 0.262 e. The van der Waals surface area contributed by atoms with Gasteiger partial charge in [0.25, 0.3) is 5.56 Å². The van der Waals surface area contributed by atoms with Gasteiger partial charge in [0.1, 0.15) is 4.83 Å². The summed E-state index contributed by atoms with van der Waals surface area (Å²) in [6, 6.07) is 3.48. The van der Waals surface area contributed by atoms with Gasteiger partial charge in [0.05, 0.1) is 25.8 Å². The molecule has 3 aromatic heterocycles. The number of carbonyl (C=O) groups is 1. The number of aromatic nitrogens is 2. The summed E-state index contributed by atoms with van der Waals surface area (Å²) >= 11 is 9.52. The molecule has 0 saturated carbocycles. The van der Waals surface area contributed by atoms with E-state index in [1.165, 1.54) is 33.6 Å². The number of rotatable bonds is 3. The number of hydrogen-bond acceptors (Lipinski definition) is 5. The molecule has 0 atom stereocenters. The van der Waals surface area contributed by atoms with Crippen LogP contribution in [0.5, 0.6) is 0 Å². The molecular formula is C12H6Br2N2O2S2. The minimum absolute atomic E-state index is 0.0145. The number of thiophene rings is 2. The van der Waals surface area contributed by atoms with Gasteiger partial charge in [0.2, 0.25) is 0 Å². The molecule has 0 saturated heterocycles. The second-order valence-corrected chi connectivity index (χ2v) is 8.62. The first-order valence-electron chi connectivity index (χ1n) is 5.47. The number of Topliss-reactive ketones (excluding diaryl/α,β-unsaturated/α-hetero) is 1. The SMILES string of the molecule is O=C(Cn1cnc2sccc2c1=O)c1cc(Br)sc1Br. The van der Waals surface area contributed by atoms with Gasteiger partial charge < -0.3 is 0 Å². The summed E-state index contributed by atoms with van der Waals surface area (Å²) in [7, 11) is 0. The van der Waals surface area contributed by atoms with Crippen molar-refractivity contribution in [2.24, 2.45) is 0 Å². The molecule has 0 aliphatic carbocycles. The van der Waals surface area contributed by atoms with Crippen molar-refractivity contribution in [2.45, 2.75) is 6.54 Å². The van der Waals surface area contributed by atoms with E-state index in [4.69, 9.17) is 0 Å². The molecule has 0 amide bonds. The van der Waals surface area contributed by atoms with Crippen molar-refractivity contribution in [1.82, 2.24) is 9.55 Å². The molecule has 0 aliphatic rings. The van der Waals surface area contributed by atoms with E-state index < -0.39 is 0 Å². The number of carbonyl (C=O) groups excluding carboxylic acids is 1. The number of fused-ring (bicyclic) bond motifs is 1. The third-order valence-electron chi connectivity index (χ3n) is 2.72. The van der Waals surface area contributed by atoms with Crippen LogP contribution in [-0.2, 0) is 6.54 Å². The van der Waals surface area contributed by atoms with Crippen LogP contribution in [-0.4, -0.2) is 15.3 Å². The van der Waals surface area contributed by atoms with E-state index in [1.54, 1.807) is 12.1 Å². The van der Waals surface area contributed by atoms with Crippen LogP contribution in [0.4, 0.5) is 0 Å². The molecule has 3 heterocycles. The summed E-state index contributed by atoms with van der Waals surface area (Å²) in [6.07, 6.45) is 1.42. The Morgan fingerprint density at radius 2 is 2.20 bits per heavy atom.